The van der Waals surface area contributed by atoms with E-state index in [-0.39, 0.29) is 35.9 Å². The number of carbonyl (C=O) groups is 3. The summed E-state index contributed by atoms with van der Waals surface area (Å²) in [7, 11) is 0. The summed E-state index contributed by atoms with van der Waals surface area (Å²) < 4.78 is 0.600. The summed E-state index contributed by atoms with van der Waals surface area (Å²) in [5, 5.41) is 13.8. The minimum absolute atomic E-state index is 0.0731. The third-order valence-electron chi connectivity index (χ3n) is 3.98. The van der Waals surface area contributed by atoms with E-state index in [1.807, 2.05) is 44.2 Å². The largest absolute Gasteiger partial charge is 0.353 e. The monoisotopic (exact) mass is 419 g/mol. The molecule has 0 aliphatic carbocycles. The lowest BCUT2D eigenvalue weighted by atomic mass is 10.1. The Morgan fingerprint density at radius 3 is 2.75 bits per heavy atom. The van der Waals surface area contributed by atoms with Crippen LogP contribution in [0.1, 0.15) is 20.3 Å². The molecule has 1 atom stereocenters. The highest BCUT2D eigenvalue weighted by atomic mass is 32.2. The van der Waals surface area contributed by atoms with Crippen LogP contribution in [0.25, 0.3) is 0 Å². The molecule has 0 spiro atoms. The van der Waals surface area contributed by atoms with E-state index in [0.717, 1.165) is 5.69 Å². The SMILES string of the molecule is CC(C)NC(=O)CSc1nnc(NC(=O)[C@@H]2CC(=O)N(c3ccccc3)C2)s1. The topological polar surface area (TPSA) is 104 Å². The predicted molar refractivity (Wildman–Crippen MR) is 109 cm³/mol. The molecule has 3 amide bonds. The number of hydrogen-bond donors (Lipinski definition) is 2. The fourth-order valence-corrected chi connectivity index (χ4v) is 4.32. The Morgan fingerprint density at radius 1 is 1.29 bits per heavy atom. The summed E-state index contributed by atoms with van der Waals surface area (Å²) in [5.74, 6) is -0.604. The maximum absolute atomic E-state index is 12.5. The number of thioether (sulfide) groups is 1. The average molecular weight is 420 g/mol. The van der Waals surface area contributed by atoms with Crippen LogP contribution in [-0.4, -0.2) is 46.3 Å². The molecule has 1 aromatic heterocycles. The smallest absolute Gasteiger partial charge is 0.231 e. The van der Waals surface area contributed by atoms with Crippen LogP contribution in [-0.2, 0) is 14.4 Å². The number of aromatic nitrogens is 2. The van der Waals surface area contributed by atoms with Crippen LogP contribution in [0, 0.1) is 5.92 Å². The van der Waals surface area contributed by atoms with Gasteiger partial charge in [-0.15, -0.1) is 10.2 Å². The van der Waals surface area contributed by atoms with Gasteiger partial charge in [0.05, 0.1) is 11.7 Å². The highest BCUT2D eigenvalue weighted by Gasteiger charge is 2.35. The summed E-state index contributed by atoms with van der Waals surface area (Å²) >= 11 is 2.48. The van der Waals surface area contributed by atoms with Crippen molar-refractivity contribution in [3.63, 3.8) is 0 Å². The molecular formula is C18H21N5O3S2. The first-order valence-electron chi connectivity index (χ1n) is 8.84. The molecule has 10 heteroatoms. The molecule has 1 fully saturated rings. The lowest BCUT2D eigenvalue weighted by Gasteiger charge is -2.16. The minimum atomic E-state index is -0.440. The molecule has 1 saturated heterocycles. The van der Waals surface area contributed by atoms with Crippen LogP contribution in [0.4, 0.5) is 10.8 Å². The number of anilines is 2. The molecule has 2 N–H and O–H groups in total. The zero-order chi connectivity index (χ0) is 20.1. The quantitative estimate of drug-likeness (QED) is 0.526. The van der Waals surface area contributed by atoms with E-state index >= 15 is 0 Å². The van der Waals surface area contributed by atoms with Crippen LogP contribution in [0.3, 0.4) is 0 Å². The Balaban J connectivity index is 1.52. The molecule has 1 aliphatic rings. The molecule has 0 unspecified atom stereocenters. The molecule has 2 heterocycles. The van der Waals surface area contributed by atoms with Crippen LogP contribution in [0.5, 0.6) is 0 Å². The van der Waals surface area contributed by atoms with E-state index in [4.69, 9.17) is 0 Å². The van der Waals surface area contributed by atoms with Crippen molar-refractivity contribution in [1.29, 1.82) is 0 Å². The Kier molecular flexibility index (Phi) is 6.63. The molecule has 148 valence electrons. The molecule has 1 aromatic carbocycles. The van der Waals surface area contributed by atoms with Gasteiger partial charge in [0.25, 0.3) is 0 Å². The standard InChI is InChI=1S/C18H21N5O3S2/c1-11(2)19-14(24)10-27-18-22-21-17(28-18)20-16(26)12-8-15(25)23(9-12)13-6-4-3-5-7-13/h3-7,11-12H,8-10H2,1-2H3,(H,19,24)(H,20,21,26)/t12-/m1/s1. The molecule has 1 aliphatic heterocycles. The number of benzene rings is 1. The zero-order valence-corrected chi connectivity index (χ0v) is 17.2. The summed E-state index contributed by atoms with van der Waals surface area (Å²) in [6.07, 6.45) is 0.163. The van der Waals surface area contributed by atoms with Gasteiger partial charge in [0.1, 0.15) is 0 Å². The van der Waals surface area contributed by atoms with Crippen molar-refractivity contribution >= 4 is 51.6 Å². The van der Waals surface area contributed by atoms with E-state index in [1.165, 1.54) is 23.1 Å². The maximum Gasteiger partial charge on any atom is 0.231 e. The molecule has 0 radical (unpaired) electrons. The fourth-order valence-electron chi connectivity index (χ4n) is 2.76. The highest BCUT2D eigenvalue weighted by Crippen LogP contribution is 2.28. The molecule has 28 heavy (non-hydrogen) atoms. The first-order valence-corrected chi connectivity index (χ1v) is 10.6. The third-order valence-corrected chi connectivity index (χ3v) is 5.95. The van der Waals surface area contributed by atoms with Gasteiger partial charge in [-0.05, 0) is 26.0 Å². The second-order valence-corrected chi connectivity index (χ2v) is 8.81. The van der Waals surface area contributed by atoms with Crippen molar-refractivity contribution in [3.8, 4) is 0 Å². The van der Waals surface area contributed by atoms with Gasteiger partial charge >= 0.3 is 0 Å². The lowest BCUT2D eigenvalue weighted by Crippen LogP contribution is -2.31. The van der Waals surface area contributed by atoms with E-state index in [2.05, 4.69) is 20.8 Å². The van der Waals surface area contributed by atoms with Crippen molar-refractivity contribution in [1.82, 2.24) is 15.5 Å². The van der Waals surface area contributed by atoms with Crippen LogP contribution < -0.4 is 15.5 Å². The average Bonchev–Trinajstić information content (AvgIpc) is 3.26. The van der Waals surface area contributed by atoms with Gasteiger partial charge in [0, 0.05) is 24.7 Å². The minimum Gasteiger partial charge on any atom is -0.353 e. The van der Waals surface area contributed by atoms with Crippen molar-refractivity contribution in [2.75, 3.05) is 22.5 Å². The Morgan fingerprint density at radius 2 is 2.04 bits per heavy atom. The van der Waals surface area contributed by atoms with Gasteiger partial charge in [-0.2, -0.15) is 0 Å². The molecule has 0 saturated carbocycles. The van der Waals surface area contributed by atoms with Gasteiger partial charge < -0.3 is 15.5 Å². The molecule has 8 nitrogen and oxygen atoms in total. The Labute approximate surface area is 171 Å². The van der Waals surface area contributed by atoms with Crippen LogP contribution >= 0.6 is 23.1 Å². The first kappa shape index (κ1) is 20.3. The number of rotatable bonds is 7. The number of carbonyl (C=O) groups excluding carboxylic acids is 3. The summed E-state index contributed by atoms with van der Waals surface area (Å²) in [6, 6.07) is 9.38. The normalized spacial score (nSPS) is 16.5. The number of hydrogen-bond acceptors (Lipinski definition) is 7. The number of nitrogens with zero attached hydrogens (tertiary/aromatic N) is 3. The van der Waals surface area contributed by atoms with Crippen molar-refractivity contribution in [2.24, 2.45) is 5.92 Å². The van der Waals surface area contributed by atoms with Gasteiger partial charge in [0.15, 0.2) is 4.34 Å². The lowest BCUT2D eigenvalue weighted by molar-refractivity contribution is -0.122. The van der Waals surface area contributed by atoms with Crippen molar-refractivity contribution < 1.29 is 14.4 Å². The van der Waals surface area contributed by atoms with Gasteiger partial charge in [-0.25, -0.2) is 0 Å². The third kappa shape index (κ3) is 5.29. The summed E-state index contributed by atoms with van der Waals surface area (Å²) in [6.45, 7) is 4.13. The summed E-state index contributed by atoms with van der Waals surface area (Å²) in [5.41, 5.74) is 0.789. The van der Waals surface area contributed by atoms with E-state index in [1.54, 1.807) is 4.90 Å². The van der Waals surface area contributed by atoms with Crippen molar-refractivity contribution in [2.45, 2.75) is 30.6 Å². The number of para-hydroxylation sites is 1. The Hall–Kier alpha value is -2.46. The highest BCUT2D eigenvalue weighted by molar-refractivity contribution is 8.01. The molecule has 3 rings (SSSR count). The van der Waals surface area contributed by atoms with Crippen LogP contribution in [0.15, 0.2) is 34.7 Å². The Bertz CT molecular complexity index is 856. The molecule has 0 bridgehead atoms. The maximum atomic E-state index is 12.5. The van der Waals surface area contributed by atoms with Crippen molar-refractivity contribution in [3.05, 3.63) is 30.3 Å². The number of amides is 3. The second-order valence-electron chi connectivity index (χ2n) is 6.61. The second kappa shape index (κ2) is 9.16. The van der Waals surface area contributed by atoms with E-state index in [9.17, 15) is 14.4 Å². The van der Waals surface area contributed by atoms with Gasteiger partial charge in [-0.1, -0.05) is 41.3 Å². The van der Waals surface area contributed by atoms with Gasteiger partial charge in [-0.3, -0.25) is 14.4 Å². The number of nitrogens with one attached hydrogen (secondary N) is 2. The molecular weight excluding hydrogens is 398 g/mol. The van der Waals surface area contributed by atoms with Crippen LogP contribution in [0.2, 0.25) is 0 Å². The zero-order valence-electron chi connectivity index (χ0n) is 15.5. The van der Waals surface area contributed by atoms with E-state index in [0.29, 0.717) is 16.0 Å². The molecule has 2 aromatic rings. The van der Waals surface area contributed by atoms with E-state index < -0.39 is 5.92 Å². The summed E-state index contributed by atoms with van der Waals surface area (Å²) in [4.78, 5) is 38.1. The van der Waals surface area contributed by atoms with Gasteiger partial charge in [0.2, 0.25) is 22.9 Å². The fraction of sp³-hybridized carbons (Fsp3) is 0.389. The predicted octanol–water partition coefficient (Wildman–Crippen LogP) is 2.15. The first-order chi connectivity index (χ1) is 13.4.